The van der Waals surface area contributed by atoms with Crippen LogP contribution in [0.5, 0.6) is 0 Å². The van der Waals surface area contributed by atoms with Gasteiger partial charge in [-0.15, -0.1) is 0 Å². The van der Waals surface area contributed by atoms with Crippen molar-refractivity contribution in [3.8, 4) is 11.5 Å². The minimum Gasteiger partial charge on any atom is -0.441 e. The van der Waals surface area contributed by atoms with E-state index in [0.29, 0.717) is 36.2 Å². The summed E-state index contributed by atoms with van der Waals surface area (Å²) in [7, 11) is 0. The zero-order chi connectivity index (χ0) is 21.1. The lowest BCUT2D eigenvalue weighted by Crippen LogP contribution is -2.49. The number of nitrogens with zero attached hydrogens (tertiary/aromatic N) is 3. The average molecular weight is 425 g/mol. The Morgan fingerprint density at radius 1 is 1.10 bits per heavy atom. The van der Waals surface area contributed by atoms with Crippen molar-refractivity contribution in [1.29, 1.82) is 0 Å². The van der Waals surface area contributed by atoms with Gasteiger partial charge in [0, 0.05) is 49.0 Å². The maximum absolute atomic E-state index is 12.5. The van der Waals surface area contributed by atoms with Crippen molar-refractivity contribution in [2.45, 2.75) is 20.4 Å². The van der Waals surface area contributed by atoms with Gasteiger partial charge in [-0.2, -0.15) is 0 Å². The standard InChI is InChI=1S/C23H25ClN4O2/c1-16-6-3-4-9-20(16)22-26-21(17(2)30-22)15-27-10-12-28(13-11-27)23(29)25-19-8-5-7-18(24)14-19/h3-9,14H,10-13,15H2,1-2H3,(H,25,29). The van der Waals surface area contributed by atoms with Gasteiger partial charge >= 0.3 is 6.03 Å². The van der Waals surface area contributed by atoms with Crippen molar-refractivity contribution in [3.63, 3.8) is 0 Å². The highest BCUT2D eigenvalue weighted by Gasteiger charge is 2.23. The molecule has 2 aromatic carbocycles. The molecule has 1 saturated heterocycles. The molecule has 3 aromatic rings. The lowest BCUT2D eigenvalue weighted by Gasteiger charge is -2.34. The number of carbonyl (C=O) groups excluding carboxylic acids is 1. The van der Waals surface area contributed by atoms with E-state index in [9.17, 15) is 4.79 Å². The molecule has 1 aliphatic rings. The maximum Gasteiger partial charge on any atom is 0.321 e. The molecule has 0 spiro atoms. The third-order valence-corrected chi connectivity index (χ3v) is 5.61. The molecule has 6 nitrogen and oxygen atoms in total. The van der Waals surface area contributed by atoms with Gasteiger partial charge in [-0.05, 0) is 43.7 Å². The highest BCUT2D eigenvalue weighted by Crippen LogP contribution is 2.25. The fourth-order valence-corrected chi connectivity index (χ4v) is 3.78. The van der Waals surface area contributed by atoms with E-state index in [2.05, 4.69) is 23.2 Å². The lowest BCUT2D eigenvalue weighted by molar-refractivity contribution is 0.141. The summed E-state index contributed by atoms with van der Waals surface area (Å²) in [5.41, 5.74) is 3.82. The Hall–Kier alpha value is -2.83. The van der Waals surface area contributed by atoms with E-state index in [1.165, 1.54) is 0 Å². The predicted molar refractivity (Wildman–Crippen MR) is 119 cm³/mol. The molecular weight excluding hydrogens is 400 g/mol. The quantitative estimate of drug-likeness (QED) is 0.642. The minimum absolute atomic E-state index is 0.101. The van der Waals surface area contributed by atoms with Crippen LogP contribution in [-0.2, 0) is 6.54 Å². The first-order valence-electron chi connectivity index (χ1n) is 10.1. The van der Waals surface area contributed by atoms with Crippen LogP contribution in [0.4, 0.5) is 10.5 Å². The Balaban J connectivity index is 1.34. The third kappa shape index (κ3) is 4.66. The van der Waals surface area contributed by atoms with E-state index < -0.39 is 0 Å². The summed E-state index contributed by atoms with van der Waals surface area (Å²) in [5, 5.41) is 3.51. The van der Waals surface area contributed by atoms with Gasteiger partial charge in [0.25, 0.3) is 0 Å². The van der Waals surface area contributed by atoms with E-state index in [1.807, 2.05) is 42.2 Å². The summed E-state index contributed by atoms with van der Waals surface area (Å²) in [6, 6.07) is 15.2. The highest BCUT2D eigenvalue weighted by molar-refractivity contribution is 6.30. The molecule has 4 rings (SSSR count). The first-order chi connectivity index (χ1) is 14.5. The average Bonchev–Trinajstić information content (AvgIpc) is 3.09. The van der Waals surface area contributed by atoms with Crippen LogP contribution in [0.3, 0.4) is 0 Å². The van der Waals surface area contributed by atoms with Crippen molar-refractivity contribution in [1.82, 2.24) is 14.8 Å². The van der Waals surface area contributed by atoms with Crippen molar-refractivity contribution in [3.05, 3.63) is 70.6 Å². The van der Waals surface area contributed by atoms with Gasteiger partial charge < -0.3 is 14.6 Å². The second-order valence-corrected chi connectivity index (χ2v) is 7.98. The number of amides is 2. The second-order valence-electron chi connectivity index (χ2n) is 7.54. The number of halogens is 1. The van der Waals surface area contributed by atoms with Crippen molar-refractivity contribution in [2.24, 2.45) is 0 Å². The molecule has 0 radical (unpaired) electrons. The first kappa shape index (κ1) is 20.4. The van der Waals surface area contributed by atoms with Gasteiger partial charge in [-0.3, -0.25) is 4.90 Å². The molecule has 0 aliphatic carbocycles. The SMILES string of the molecule is Cc1ccccc1-c1nc(CN2CCN(C(=O)Nc3cccc(Cl)c3)CC2)c(C)o1. The fraction of sp³-hybridized carbons (Fsp3) is 0.304. The number of aromatic nitrogens is 1. The maximum atomic E-state index is 12.5. The number of nitrogens with one attached hydrogen (secondary N) is 1. The molecule has 7 heteroatoms. The number of urea groups is 1. The number of aryl methyl sites for hydroxylation is 2. The Morgan fingerprint density at radius 3 is 2.60 bits per heavy atom. The summed E-state index contributed by atoms with van der Waals surface area (Å²) < 4.78 is 5.94. The largest absolute Gasteiger partial charge is 0.441 e. The van der Waals surface area contributed by atoms with Crippen LogP contribution in [0.2, 0.25) is 5.02 Å². The van der Waals surface area contributed by atoms with Crippen LogP contribution in [0.1, 0.15) is 17.0 Å². The number of rotatable bonds is 4. The van der Waals surface area contributed by atoms with Crippen LogP contribution in [0.15, 0.2) is 52.9 Å². The Kier molecular flexibility index (Phi) is 6.06. The van der Waals surface area contributed by atoms with Gasteiger partial charge in [0.15, 0.2) is 0 Å². The Labute approximate surface area is 181 Å². The smallest absolute Gasteiger partial charge is 0.321 e. The number of carbonyl (C=O) groups is 1. The van der Waals surface area contributed by atoms with E-state index >= 15 is 0 Å². The molecule has 30 heavy (non-hydrogen) atoms. The summed E-state index contributed by atoms with van der Waals surface area (Å²) in [4.78, 5) is 21.4. The first-order valence-corrected chi connectivity index (χ1v) is 10.4. The lowest BCUT2D eigenvalue weighted by atomic mass is 10.1. The predicted octanol–water partition coefficient (Wildman–Crippen LogP) is 4.96. The van der Waals surface area contributed by atoms with Crippen molar-refractivity contribution < 1.29 is 9.21 Å². The Morgan fingerprint density at radius 2 is 1.87 bits per heavy atom. The molecule has 0 saturated carbocycles. The highest BCUT2D eigenvalue weighted by atomic mass is 35.5. The molecule has 1 N–H and O–H groups in total. The summed E-state index contributed by atoms with van der Waals surface area (Å²) >= 11 is 5.99. The van der Waals surface area contributed by atoms with E-state index in [-0.39, 0.29) is 6.03 Å². The van der Waals surface area contributed by atoms with Gasteiger partial charge in [0.2, 0.25) is 5.89 Å². The van der Waals surface area contributed by atoms with Crippen molar-refractivity contribution in [2.75, 3.05) is 31.5 Å². The molecular formula is C23H25ClN4O2. The van der Waals surface area contributed by atoms with Crippen LogP contribution in [0, 0.1) is 13.8 Å². The van der Waals surface area contributed by atoms with Gasteiger partial charge in [0.05, 0.1) is 5.69 Å². The van der Waals surface area contributed by atoms with Gasteiger partial charge in [-0.1, -0.05) is 35.9 Å². The number of hydrogen-bond donors (Lipinski definition) is 1. The monoisotopic (exact) mass is 424 g/mol. The zero-order valence-electron chi connectivity index (χ0n) is 17.2. The summed E-state index contributed by atoms with van der Waals surface area (Å²) in [5.74, 6) is 1.51. The molecule has 156 valence electrons. The normalized spacial score (nSPS) is 14.7. The number of benzene rings is 2. The summed E-state index contributed by atoms with van der Waals surface area (Å²) in [6.45, 7) is 7.62. The van der Waals surface area contributed by atoms with Crippen LogP contribution >= 0.6 is 11.6 Å². The van der Waals surface area contributed by atoms with Crippen LogP contribution < -0.4 is 5.32 Å². The second kappa shape index (κ2) is 8.90. The molecule has 1 aliphatic heterocycles. The minimum atomic E-state index is -0.101. The topological polar surface area (TPSA) is 61.6 Å². The van der Waals surface area contributed by atoms with Gasteiger partial charge in [-0.25, -0.2) is 9.78 Å². The molecule has 1 fully saturated rings. The number of anilines is 1. The number of oxazole rings is 1. The summed E-state index contributed by atoms with van der Waals surface area (Å²) in [6.07, 6.45) is 0. The van der Waals surface area contributed by atoms with Crippen LogP contribution in [-0.4, -0.2) is 47.0 Å². The van der Waals surface area contributed by atoms with E-state index in [0.717, 1.165) is 35.7 Å². The van der Waals surface area contributed by atoms with E-state index in [1.54, 1.807) is 12.1 Å². The third-order valence-electron chi connectivity index (χ3n) is 5.38. The molecule has 0 unspecified atom stereocenters. The van der Waals surface area contributed by atoms with Gasteiger partial charge in [0.1, 0.15) is 5.76 Å². The molecule has 2 heterocycles. The molecule has 0 atom stereocenters. The number of piperazine rings is 1. The zero-order valence-corrected chi connectivity index (χ0v) is 17.9. The molecule has 1 aromatic heterocycles. The number of hydrogen-bond acceptors (Lipinski definition) is 4. The van der Waals surface area contributed by atoms with E-state index in [4.69, 9.17) is 21.0 Å². The fourth-order valence-electron chi connectivity index (χ4n) is 3.59. The molecule has 0 bridgehead atoms. The molecule has 2 amide bonds. The van der Waals surface area contributed by atoms with Crippen LogP contribution in [0.25, 0.3) is 11.5 Å². The van der Waals surface area contributed by atoms with Crippen molar-refractivity contribution >= 4 is 23.3 Å². The Bertz CT molecular complexity index is 1040.